The Morgan fingerprint density at radius 1 is 1.10 bits per heavy atom. The molecule has 0 saturated heterocycles. The summed E-state index contributed by atoms with van der Waals surface area (Å²) in [5, 5.41) is 22.6. The van der Waals surface area contributed by atoms with Crippen molar-refractivity contribution in [2.75, 3.05) is 11.1 Å². The Hall–Kier alpha value is -3.55. The van der Waals surface area contributed by atoms with Crippen molar-refractivity contribution in [3.05, 3.63) is 65.0 Å². The largest absolute Gasteiger partial charge is 0.361 e. The van der Waals surface area contributed by atoms with Crippen molar-refractivity contribution in [2.45, 2.75) is 37.1 Å². The topological polar surface area (TPSA) is 105 Å². The first-order valence-corrected chi connectivity index (χ1v) is 11.2. The van der Waals surface area contributed by atoms with Crippen molar-refractivity contribution in [3.63, 3.8) is 0 Å². The van der Waals surface area contributed by atoms with Crippen LogP contribution in [0.5, 0.6) is 0 Å². The van der Waals surface area contributed by atoms with Crippen LogP contribution in [-0.4, -0.2) is 21.6 Å². The lowest BCUT2D eigenvalue weighted by Crippen LogP contribution is -2.15. The summed E-state index contributed by atoms with van der Waals surface area (Å²) in [6.07, 6.45) is 6.94. The minimum atomic E-state index is -0.241. The third-order valence-electron chi connectivity index (χ3n) is 5.33. The highest BCUT2D eigenvalue weighted by atomic mass is 32.2. The predicted octanol–water partition coefficient (Wildman–Crippen LogP) is 4.82. The Balaban J connectivity index is 1.63. The van der Waals surface area contributed by atoms with Crippen molar-refractivity contribution < 1.29 is 4.79 Å². The van der Waals surface area contributed by atoms with E-state index in [2.05, 4.69) is 22.4 Å². The van der Waals surface area contributed by atoms with Gasteiger partial charge in [-0.15, -0.1) is 0 Å². The number of carbonyl (C=O) groups excluding carboxylic acids is 1. The predicted molar refractivity (Wildman–Crippen MR) is 121 cm³/mol. The van der Waals surface area contributed by atoms with Crippen molar-refractivity contribution >= 4 is 23.4 Å². The molecule has 0 saturated carbocycles. The number of amides is 1. The first kappa shape index (κ1) is 20.7. The van der Waals surface area contributed by atoms with Crippen LogP contribution in [0, 0.1) is 22.7 Å². The first-order valence-electron chi connectivity index (χ1n) is 10.2. The highest BCUT2D eigenvalue weighted by Crippen LogP contribution is 2.36. The molecule has 1 aromatic carbocycles. The van der Waals surface area contributed by atoms with Crippen LogP contribution in [-0.2, 0) is 17.6 Å². The number of nitrogens with one attached hydrogen (secondary N) is 2. The van der Waals surface area contributed by atoms with Gasteiger partial charge in [-0.25, -0.2) is 4.98 Å². The normalized spacial score (nSPS) is 12.8. The van der Waals surface area contributed by atoms with Crippen molar-refractivity contribution in [1.82, 2.24) is 9.97 Å². The molecule has 4 rings (SSSR count). The summed E-state index contributed by atoms with van der Waals surface area (Å²) in [7, 11) is 0. The van der Waals surface area contributed by atoms with Gasteiger partial charge >= 0.3 is 0 Å². The maximum absolute atomic E-state index is 12.6. The van der Waals surface area contributed by atoms with Gasteiger partial charge in [0.25, 0.3) is 0 Å². The number of carbonyl (C=O) groups is 1. The van der Waals surface area contributed by atoms with E-state index >= 15 is 0 Å². The summed E-state index contributed by atoms with van der Waals surface area (Å²) >= 11 is 1.26. The van der Waals surface area contributed by atoms with E-state index in [1.807, 2.05) is 18.3 Å². The molecule has 3 aromatic rings. The third kappa shape index (κ3) is 4.47. The molecule has 1 aliphatic carbocycles. The number of aromatic amines is 1. The van der Waals surface area contributed by atoms with Crippen LogP contribution < -0.4 is 5.32 Å². The zero-order valence-corrected chi connectivity index (χ0v) is 17.8. The molecular formula is C24H21N5OS. The van der Waals surface area contributed by atoms with Gasteiger partial charge in [0.15, 0.2) is 0 Å². The van der Waals surface area contributed by atoms with Crippen LogP contribution in [0.2, 0.25) is 0 Å². The number of hydrogen-bond donors (Lipinski definition) is 2. The molecular weight excluding hydrogens is 406 g/mol. The van der Waals surface area contributed by atoms with Gasteiger partial charge in [-0.3, -0.25) is 4.79 Å². The van der Waals surface area contributed by atoms with Gasteiger partial charge in [0.2, 0.25) is 5.91 Å². The highest BCUT2D eigenvalue weighted by Gasteiger charge is 2.23. The number of aromatic nitrogens is 2. The number of rotatable bonds is 5. The minimum absolute atomic E-state index is 0.102. The van der Waals surface area contributed by atoms with Gasteiger partial charge in [0, 0.05) is 23.1 Å². The Morgan fingerprint density at radius 2 is 1.94 bits per heavy atom. The number of nitrogens with zero attached hydrogens (tertiary/aromatic N) is 3. The van der Waals surface area contributed by atoms with E-state index in [0.717, 1.165) is 54.6 Å². The van der Waals surface area contributed by atoms with Gasteiger partial charge in [-0.05, 0) is 55.5 Å². The molecule has 0 fully saturated rings. The van der Waals surface area contributed by atoms with Gasteiger partial charge < -0.3 is 10.3 Å². The third-order valence-corrected chi connectivity index (χ3v) is 6.31. The lowest BCUT2D eigenvalue weighted by atomic mass is 9.96. The van der Waals surface area contributed by atoms with E-state index in [9.17, 15) is 15.3 Å². The number of pyridine rings is 1. The molecule has 0 radical (unpaired) electrons. The number of aryl methyl sites for hydroxylation is 1. The fourth-order valence-electron chi connectivity index (χ4n) is 3.90. The Bertz CT molecular complexity index is 1190. The maximum Gasteiger partial charge on any atom is 0.234 e. The summed E-state index contributed by atoms with van der Waals surface area (Å²) in [6.45, 7) is 0. The van der Waals surface area contributed by atoms with Crippen LogP contribution in [0.1, 0.15) is 41.6 Å². The molecule has 0 aliphatic heterocycles. The fourth-order valence-corrected chi connectivity index (χ4v) is 4.70. The minimum Gasteiger partial charge on any atom is -0.361 e. The lowest BCUT2D eigenvalue weighted by Gasteiger charge is -2.16. The van der Waals surface area contributed by atoms with E-state index in [4.69, 9.17) is 4.98 Å². The molecule has 1 amide bonds. The van der Waals surface area contributed by atoms with Crippen molar-refractivity contribution in [1.29, 1.82) is 10.5 Å². The van der Waals surface area contributed by atoms with E-state index in [1.54, 1.807) is 24.3 Å². The summed E-state index contributed by atoms with van der Waals surface area (Å²) in [5.74, 6) is -0.139. The SMILES string of the molecule is N#Cc1ccccc1NC(=O)CSc1nc2c(c(-c3ccc[nH]3)c1C#N)CCCCC2. The molecule has 2 heterocycles. The molecule has 0 bridgehead atoms. The standard InChI is InChI=1S/C24H21N5OS/c25-13-16-7-4-5-9-19(16)28-22(30)15-31-24-18(14-26)23(21-11-6-12-27-21)17-8-2-1-3-10-20(17)29-24/h4-7,9,11-12,27H,1-3,8,10,15H2,(H,28,30). The average Bonchev–Trinajstić information content (AvgIpc) is 3.22. The Kier molecular flexibility index (Phi) is 6.35. The zero-order chi connectivity index (χ0) is 21.6. The van der Waals surface area contributed by atoms with Gasteiger partial charge in [0.1, 0.15) is 17.2 Å². The molecule has 7 heteroatoms. The number of hydrogen-bond acceptors (Lipinski definition) is 5. The molecule has 0 atom stereocenters. The number of para-hydroxylation sites is 1. The van der Waals surface area contributed by atoms with Gasteiger partial charge in [-0.1, -0.05) is 30.3 Å². The van der Waals surface area contributed by atoms with Crippen molar-refractivity contribution in [3.8, 4) is 23.4 Å². The molecule has 6 nitrogen and oxygen atoms in total. The van der Waals surface area contributed by atoms with Crippen LogP contribution in [0.25, 0.3) is 11.3 Å². The van der Waals surface area contributed by atoms with E-state index in [0.29, 0.717) is 21.8 Å². The highest BCUT2D eigenvalue weighted by molar-refractivity contribution is 8.00. The summed E-state index contributed by atoms with van der Waals surface area (Å²) < 4.78 is 0. The molecule has 1 aliphatic rings. The molecule has 0 unspecified atom stereocenters. The van der Waals surface area contributed by atoms with E-state index < -0.39 is 0 Å². The molecule has 2 aromatic heterocycles. The zero-order valence-electron chi connectivity index (χ0n) is 16.9. The van der Waals surface area contributed by atoms with E-state index in [-0.39, 0.29) is 11.7 Å². The number of H-pyrrole nitrogens is 1. The number of nitriles is 2. The summed E-state index contributed by atoms with van der Waals surface area (Å²) in [6, 6.07) is 15.2. The Morgan fingerprint density at radius 3 is 2.71 bits per heavy atom. The molecule has 31 heavy (non-hydrogen) atoms. The molecule has 2 N–H and O–H groups in total. The van der Waals surface area contributed by atoms with Gasteiger partial charge in [-0.2, -0.15) is 10.5 Å². The monoisotopic (exact) mass is 427 g/mol. The maximum atomic E-state index is 12.6. The average molecular weight is 428 g/mol. The number of anilines is 1. The van der Waals surface area contributed by atoms with Crippen LogP contribution in [0.3, 0.4) is 0 Å². The Labute approximate surface area is 185 Å². The fraction of sp³-hybridized carbons (Fsp3) is 0.250. The van der Waals surface area contributed by atoms with Crippen LogP contribution in [0.15, 0.2) is 47.6 Å². The second-order valence-electron chi connectivity index (χ2n) is 7.34. The quantitative estimate of drug-likeness (QED) is 0.449. The van der Waals surface area contributed by atoms with E-state index in [1.165, 1.54) is 11.8 Å². The van der Waals surface area contributed by atoms with Gasteiger partial charge in [0.05, 0.1) is 22.6 Å². The number of fused-ring (bicyclic) bond motifs is 1. The summed E-state index contributed by atoms with van der Waals surface area (Å²) in [5.41, 5.74) is 5.41. The molecule has 0 spiro atoms. The smallest absolute Gasteiger partial charge is 0.234 e. The lowest BCUT2D eigenvalue weighted by molar-refractivity contribution is -0.113. The first-order chi connectivity index (χ1) is 15.2. The number of thioether (sulfide) groups is 1. The van der Waals surface area contributed by atoms with Crippen LogP contribution in [0.4, 0.5) is 5.69 Å². The second-order valence-corrected chi connectivity index (χ2v) is 8.31. The second kappa shape index (κ2) is 9.51. The number of benzene rings is 1. The summed E-state index contributed by atoms with van der Waals surface area (Å²) in [4.78, 5) is 20.6. The molecule has 154 valence electrons. The van der Waals surface area contributed by atoms with Crippen molar-refractivity contribution in [2.24, 2.45) is 0 Å². The van der Waals surface area contributed by atoms with Crippen LogP contribution >= 0.6 is 11.8 Å².